The first kappa shape index (κ1) is 20.3. The lowest BCUT2D eigenvalue weighted by Crippen LogP contribution is -2.62. The van der Waals surface area contributed by atoms with Crippen LogP contribution in [0.5, 0.6) is 0 Å². The molecule has 1 heterocycles. The van der Waals surface area contributed by atoms with Crippen LogP contribution in [0, 0.1) is 22.7 Å². The topological polar surface area (TPSA) is 124 Å². The number of fused-ring (bicyclic) bond motifs is 1. The van der Waals surface area contributed by atoms with Gasteiger partial charge < -0.3 is 20.1 Å². The number of allylic oxidation sites excluding steroid dienone is 1. The Hall–Kier alpha value is -1.41. The van der Waals surface area contributed by atoms with E-state index in [0.29, 0.717) is 18.4 Å². The maximum absolute atomic E-state index is 13.0. The normalized spacial score (nSPS) is 44.9. The van der Waals surface area contributed by atoms with Gasteiger partial charge in [-0.3, -0.25) is 14.4 Å². The van der Waals surface area contributed by atoms with E-state index in [-0.39, 0.29) is 37.6 Å². The molecule has 2 aliphatic carbocycles. The van der Waals surface area contributed by atoms with Gasteiger partial charge in [-0.25, -0.2) is 0 Å². The average Bonchev–Trinajstić information content (AvgIpc) is 3.46. The van der Waals surface area contributed by atoms with E-state index in [9.17, 15) is 29.7 Å². The van der Waals surface area contributed by atoms with Crippen molar-refractivity contribution in [3.63, 3.8) is 0 Å². The van der Waals surface area contributed by atoms with Crippen LogP contribution < -0.4 is 0 Å². The third kappa shape index (κ3) is 2.67. The Morgan fingerprint density at radius 3 is 2.59 bits per heavy atom. The van der Waals surface area contributed by atoms with Gasteiger partial charge in [0.05, 0.1) is 24.7 Å². The van der Waals surface area contributed by atoms with E-state index in [1.165, 1.54) is 0 Å². The fraction of sp³-hybridized carbons (Fsp3) is 0.750. The van der Waals surface area contributed by atoms with E-state index in [1.807, 2.05) is 13.0 Å². The second kappa shape index (κ2) is 6.58. The Bertz CT molecular complexity index is 694. The van der Waals surface area contributed by atoms with Gasteiger partial charge in [0.25, 0.3) is 0 Å². The van der Waals surface area contributed by atoms with Crippen molar-refractivity contribution in [1.82, 2.24) is 0 Å². The molecule has 7 atom stereocenters. The minimum Gasteiger partial charge on any atom is -0.392 e. The molecule has 1 aliphatic heterocycles. The summed E-state index contributed by atoms with van der Waals surface area (Å²) < 4.78 is 5.17. The van der Waals surface area contributed by atoms with Gasteiger partial charge in [-0.15, -0.1) is 0 Å². The molecule has 7 heteroatoms. The molecule has 0 unspecified atom stereocenters. The van der Waals surface area contributed by atoms with Crippen LogP contribution in [0.2, 0.25) is 0 Å². The standard InChI is InChI=1S/C20H28O7/c1-11-16(25)17(26)19(3)12(8-21)5-4-6-13(19)18(11,2)7-14(23)20(10-27-20)15(24)9-22/h5,9,11,13-14,16,21,23,25H,4,6-8,10H2,1-3H3/t11-,13-,14-,16-,18+,19-,20+/m1/s1. The van der Waals surface area contributed by atoms with Crippen LogP contribution in [-0.2, 0) is 19.1 Å². The summed E-state index contributed by atoms with van der Waals surface area (Å²) in [4.78, 5) is 35.9. The number of ether oxygens (including phenoxy) is 1. The minimum atomic E-state index is -1.50. The van der Waals surface area contributed by atoms with Crippen LogP contribution in [0.4, 0.5) is 0 Å². The molecule has 3 aliphatic rings. The number of aliphatic hydroxyl groups is 3. The first-order chi connectivity index (χ1) is 12.6. The number of aliphatic hydroxyl groups excluding tert-OH is 3. The van der Waals surface area contributed by atoms with E-state index < -0.39 is 40.3 Å². The molecular formula is C20H28O7. The number of ketones is 2. The van der Waals surface area contributed by atoms with E-state index >= 15 is 0 Å². The second-order valence-corrected chi connectivity index (χ2v) is 8.70. The molecular weight excluding hydrogens is 352 g/mol. The van der Waals surface area contributed by atoms with Crippen LogP contribution in [0.15, 0.2) is 11.6 Å². The number of rotatable bonds is 6. The Morgan fingerprint density at radius 2 is 2.07 bits per heavy atom. The number of hydrogen-bond acceptors (Lipinski definition) is 7. The molecule has 3 rings (SSSR count). The molecule has 0 radical (unpaired) electrons. The highest BCUT2D eigenvalue weighted by Crippen LogP contribution is 2.61. The van der Waals surface area contributed by atoms with Crippen molar-refractivity contribution in [1.29, 1.82) is 0 Å². The molecule has 1 saturated carbocycles. The predicted molar refractivity (Wildman–Crippen MR) is 94.7 cm³/mol. The summed E-state index contributed by atoms with van der Waals surface area (Å²) in [7, 11) is 0. The maximum Gasteiger partial charge on any atom is 0.231 e. The number of epoxide rings is 1. The van der Waals surface area contributed by atoms with Gasteiger partial charge in [0.2, 0.25) is 5.78 Å². The van der Waals surface area contributed by atoms with Gasteiger partial charge in [0.15, 0.2) is 17.7 Å². The summed E-state index contributed by atoms with van der Waals surface area (Å²) in [5.74, 6) is -1.79. The van der Waals surface area contributed by atoms with Gasteiger partial charge >= 0.3 is 0 Å². The van der Waals surface area contributed by atoms with Crippen molar-refractivity contribution in [3.8, 4) is 0 Å². The zero-order valence-electron chi connectivity index (χ0n) is 16.0. The highest BCUT2D eigenvalue weighted by molar-refractivity contribution is 6.30. The molecule has 2 fully saturated rings. The fourth-order valence-corrected chi connectivity index (χ4v) is 5.49. The lowest BCUT2D eigenvalue weighted by molar-refractivity contribution is -0.170. The highest BCUT2D eigenvalue weighted by Gasteiger charge is 2.65. The van der Waals surface area contributed by atoms with E-state index in [4.69, 9.17) is 4.74 Å². The summed E-state index contributed by atoms with van der Waals surface area (Å²) in [6.07, 6.45) is 1.03. The molecule has 27 heavy (non-hydrogen) atoms. The van der Waals surface area contributed by atoms with Crippen molar-refractivity contribution in [2.45, 2.75) is 57.8 Å². The molecule has 3 N–H and O–H groups in total. The van der Waals surface area contributed by atoms with Gasteiger partial charge in [-0.1, -0.05) is 19.9 Å². The number of carbonyl (C=O) groups excluding carboxylic acids is 3. The van der Waals surface area contributed by atoms with E-state index in [2.05, 4.69) is 0 Å². The molecule has 0 aromatic heterocycles. The van der Waals surface area contributed by atoms with Crippen LogP contribution in [-0.4, -0.2) is 64.2 Å². The smallest absolute Gasteiger partial charge is 0.231 e. The number of aldehydes is 1. The molecule has 1 saturated heterocycles. The third-order valence-corrected chi connectivity index (χ3v) is 7.62. The Morgan fingerprint density at radius 1 is 1.44 bits per heavy atom. The highest BCUT2D eigenvalue weighted by atomic mass is 16.6. The second-order valence-electron chi connectivity index (χ2n) is 8.70. The summed E-state index contributed by atoms with van der Waals surface area (Å²) in [6.45, 7) is 5.15. The van der Waals surface area contributed by atoms with Crippen LogP contribution in [0.1, 0.15) is 40.0 Å². The summed E-state index contributed by atoms with van der Waals surface area (Å²) in [6, 6.07) is 0. The zero-order valence-corrected chi connectivity index (χ0v) is 16.0. The van der Waals surface area contributed by atoms with Gasteiger partial charge in [0.1, 0.15) is 6.10 Å². The molecule has 0 spiro atoms. The Balaban J connectivity index is 2.00. The summed E-state index contributed by atoms with van der Waals surface area (Å²) in [5.41, 5.74) is -2.63. The Kier molecular flexibility index (Phi) is 4.96. The lowest BCUT2D eigenvalue weighted by Gasteiger charge is -2.58. The first-order valence-electron chi connectivity index (χ1n) is 9.44. The van der Waals surface area contributed by atoms with Crippen LogP contribution >= 0.6 is 0 Å². The molecule has 7 nitrogen and oxygen atoms in total. The lowest BCUT2D eigenvalue weighted by atomic mass is 9.45. The minimum absolute atomic E-state index is 0.0125. The monoisotopic (exact) mass is 380 g/mol. The van der Waals surface area contributed by atoms with Crippen LogP contribution in [0.3, 0.4) is 0 Å². The van der Waals surface area contributed by atoms with E-state index in [0.717, 1.165) is 0 Å². The fourth-order valence-electron chi connectivity index (χ4n) is 5.49. The number of hydrogen-bond donors (Lipinski definition) is 3. The number of Topliss-reactive ketones (excluding diaryl/α,β-unsaturated/α-hetero) is 2. The van der Waals surface area contributed by atoms with E-state index in [1.54, 1.807) is 13.8 Å². The molecule has 0 bridgehead atoms. The summed E-state index contributed by atoms with van der Waals surface area (Å²) in [5, 5.41) is 31.3. The maximum atomic E-state index is 13.0. The molecule has 0 amide bonds. The zero-order chi connectivity index (χ0) is 20.2. The predicted octanol–water partition coefficient (Wildman–Crippen LogP) is 0.195. The quantitative estimate of drug-likeness (QED) is 0.260. The van der Waals surface area contributed by atoms with Gasteiger partial charge in [-0.2, -0.15) is 0 Å². The van der Waals surface area contributed by atoms with Gasteiger partial charge in [-0.05, 0) is 49.0 Å². The van der Waals surface area contributed by atoms with Crippen LogP contribution in [0.25, 0.3) is 0 Å². The SMILES string of the molecule is C[C@@H]1[C@@H](O)C(=O)[C@]2(C)C(CO)=CCC[C@@H]2[C@@]1(C)C[C@@H](O)[C@]1(C(=O)C=O)CO1. The molecule has 150 valence electrons. The van der Waals surface area contributed by atoms with Crippen molar-refractivity contribution in [3.05, 3.63) is 11.6 Å². The van der Waals surface area contributed by atoms with Crippen molar-refractivity contribution >= 4 is 17.9 Å². The average molecular weight is 380 g/mol. The van der Waals surface area contributed by atoms with Crippen molar-refractivity contribution < 1.29 is 34.4 Å². The largest absolute Gasteiger partial charge is 0.392 e. The van der Waals surface area contributed by atoms with Gasteiger partial charge in [0, 0.05) is 0 Å². The first-order valence-corrected chi connectivity index (χ1v) is 9.44. The van der Waals surface area contributed by atoms with Crippen molar-refractivity contribution in [2.24, 2.45) is 22.7 Å². The Labute approximate surface area is 158 Å². The third-order valence-electron chi connectivity index (χ3n) is 7.62. The molecule has 0 aromatic carbocycles. The number of carbonyl (C=O) groups is 3. The van der Waals surface area contributed by atoms with Crippen molar-refractivity contribution in [2.75, 3.05) is 13.2 Å². The summed E-state index contributed by atoms with van der Waals surface area (Å²) >= 11 is 0. The molecule has 0 aromatic rings.